The zero-order valence-electron chi connectivity index (χ0n) is 8.29. The lowest BCUT2D eigenvalue weighted by atomic mass is 10.1. The van der Waals surface area contributed by atoms with Crippen molar-refractivity contribution in [2.75, 3.05) is 6.61 Å². The zero-order valence-corrected chi connectivity index (χ0v) is 8.29. The molecule has 1 aromatic rings. The molecule has 76 valence electrons. The van der Waals surface area contributed by atoms with Crippen molar-refractivity contribution in [1.82, 2.24) is 0 Å². The van der Waals surface area contributed by atoms with Crippen LogP contribution in [0, 0.1) is 0 Å². The van der Waals surface area contributed by atoms with E-state index in [1.165, 1.54) is 6.92 Å². The Bertz CT molecular complexity index is 304. The summed E-state index contributed by atoms with van der Waals surface area (Å²) < 4.78 is 17.6. The molecule has 14 heavy (non-hydrogen) atoms. The van der Waals surface area contributed by atoms with E-state index in [0.717, 1.165) is 0 Å². The molecule has 1 rings (SSSR count). The molecule has 0 spiro atoms. The van der Waals surface area contributed by atoms with Crippen molar-refractivity contribution in [2.45, 2.75) is 20.0 Å². The number of benzene rings is 1. The molecule has 0 saturated heterocycles. The first-order valence-electron chi connectivity index (χ1n) is 4.56. The molecule has 0 aliphatic heterocycles. The summed E-state index contributed by atoms with van der Waals surface area (Å²) >= 11 is 0. The summed E-state index contributed by atoms with van der Waals surface area (Å²) in [6.45, 7) is 3.55. The van der Waals surface area contributed by atoms with Crippen molar-refractivity contribution < 1.29 is 13.9 Å². The molecule has 0 heterocycles. The smallest absolute Gasteiger partial charge is 0.338 e. The minimum atomic E-state index is -1.01. The molecule has 0 radical (unpaired) electrons. The fraction of sp³-hybridized carbons (Fsp3) is 0.364. The van der Waals surface area contributed by atoms with Crippen molar-refractivity contribution >= 4 is 5.97 Å². The van der Waals surface area contributed by atoms with Crippen LogP contribution in [0.1, 0.15) is 35.9 Å². The Labute approximate surface area is 82.7 Å². The molecule has 0 aromatic heterocycles. The van der Waals surface area contributed by atoms with Crippen LogP contribution in [0.2, 0.25) is 0 Å². The van der Waals surface area contributed by atoms with Crippen LogP contribution in [0.3, 0.4) is 0 Å². The third-order valence-corrected chi connectivity index (χ3v) is 1.88. The van der Waals surface area contributed by atoms with Gasteiger partial charge in [-0.25, -0.2) is 9.18 Å². The summed E-state index contributed by atoms with van der Waals surface area (Å²) in [5, 5.41) is 0. The fourth-order valence-corrected chi connectivity index (χ4v) is 1.10. The largest absolute Gasteiger partial charge is 0.462 e. The van der Waals surface area contributed by atoms with Gasteiger partial charge in [0.05, 0.1) is 12.2 Å². The molecule has 0 N–H and O–H groups in total. The summed E-state index contributed by atoms with van der Waals surface area (Å²) in [6.07, 6.45) is -1.01. The first-order chi connectivity index (χ1) is 6.65. The van der Waals surface area contributed by atoms with Gasteiger partial charge >= 0.3 is 5.97 Å². The average molecular weight is 196 g/mol. The van der Waals surface area contributed by atoms with Crippen molar-refractivity contribution in [2.24, 2.45) is 0 Å². The Hall–Kier alpha value is -1.38. The van der Waals surface area contributed by atoms with Crippen LogP contribution in [0.5, 0.6) is 0 Å². The minimum absolute atomic E-state index is 0.347. The highest BCUT2D eigenvalue weighted by molar-refractivity contribution is 5.89. The molecular weight excluding hydrogens is 183 g/mol. The van der Waals surface area contributed by atoms with Gasteiger partial charge in [-0.1, -0.05) is 12.1 Å². The first kappa shape index (κ1) is 10.7. The second-order valence-electron chi connectivity index (χ2n) is 2.96. The summed E-state index contributed by atoms with van der Waals surface area (Å²) in [4.78, 5) is 11.2. The van der Waals surface area contributed by atoms with Crippen molar-refractivity contribution in [1.29, 1.82) is 0 Å². The lowest BCUT2D eigenvalue weighted by Gasteiger charge is -2.04. The monoisotopic (exact) mass is 196 g/mol. The Balaban J connectivity index is 2.78. The molecule has 1 atom stereocenters. The highest BCUT2D eigenvalue weighted by atomic mass is 19.1. The maximum Gasteiger partial charge on any atom is 0.338 e. The number of halogens is 1. The zero-order chi connectivity index (χ0) is 10.6. The lowest BCUT2D eigenvalue weighted by Crippen LogP contribution is -2.04. The van der Waals surface area contributed by atoms with E-state index in [-0.39, 0.29) is 5.97 Å². The highest BCUT2D eigenvalue weighted by Gasteiger charge is 2.07. The van der Waals surface area contributed by atoms with E-state index in [2.05, 4.69) is 0 Å². The summed E-state index contributed by atoms with van der Waals surface area (Å²) in [6, 6.07) is 6.33. The number of hydrogen-bond donors (Lipinski definition) is 0. The topological polar surface area (TPSA) is 26.3 Å². The predicted molar refractivity (Wildman–Crippen MR) is 51.9 cm³/mol. The van der Waals surface area contributed by atoms with Gasteiger partial charge in [-0.3, -0.25) is 0 Å². The van der Waals surface area contributed by atoms with Gasteiger partial charge in [-0.2, -0.15) is 0 Å². The fourth-order valence-electron chi connectivity index (χ4n) is 1.10. The Morgan fingerprint density at radius 1 is 1.43 bits per heavy atom. The van der Waals surface area contributed by atoms with Gasteiger partial charge in [0.15, 0.2) is 0 Å². The van der Waals surface area contributed by atoms with Gasteiger partial charge < -0.3 is 4.74 Å². The van der Waals surface area contributed by atoms with E-state index in [4.69, 9.17) is 4.74 Å². The van der Waals surface area contributed by atoms with E-state index in [1.54, 1.807) is 31.2 Å². The van der Waals surface area contributed by atoms with Gasteiger partial charge in [0.2, 0.25) is 0 Å². The molecule has 0 bridgehead atoms. The van der Waals surface area contributed by atoms with Crippen LogP contribution >= 0.6 is 0 Å². The summed E-state index contributed by atoms with van der Waals surface area (Å²) in [5.74, 6) is -0.370. The van der Waals surface area contributed by atoms with Crippen LogP contribution in [-0.4, -0.2) is 12.6 Å². The maximum atomic E-state index is 12.8. The number of rotatable bonds is 3. The van der Waals surface area contributed by atoms with Gasteiger partial charge in [-0.05, 0) is 31.5 Å². The Kier molecular flexibility index (Phi) is 3.63. The van der Waals surface area contributed by atoms with E-state index in [1.807, 2.05) is 0 Å². The Morgan fingerprint density at radius 2 is 2.00 bits per heavy atom. The molecule has 0 fully saturated rings. The molecule has 0 aliphatic carbocycles. The van der Waals surface area contributed by atoms with E-state index in [0.29, 0.717) is 17.7 Å². The molecule has 1 aromatic carbocycles. The Morgan fingerprint density at radius 3 is 2.43 bits per heavy atom. The van der Waals surface area contributed by atoms with Crippen LogP contribution < -0.4 is 0 Å². The number of hydrogen-bond acceptors (Lipinski definition) is 2. The summed E-state index contributed by atoms with van der Waals surface area (Å²) in [5.41, 5.74) is 1.02. The molecule has 0 saturated carbocycles. The molecule has 0 aliphatic rings. The third kappa shape index (κ3) is 2.55. The van der Waals surface area contributed by atoms with Crippen molar-refractivity contribution in [3.8, 4) is 0 Å². The quantitative estimate of drug-likeness (QED) is 0.695. The second kappa shape index (κ2) is 4.74. The molecular formula is C11H13FO2. The van der Waals surface area contributed by atoms with Gasteiger partial charge in [0.1, 0.15) is 6.17 Å². The van der Waals surface area contributed by atoms with Crippen LogP contribution in [0.4, 0.5) is 4.39 Å². The van der Waals surface area contributed by atoms with Crippen LogP contribution in [0.15, 0.2) is 24.3 Å². The number of carbonyl (C=O) groups is 1. The van der Waals surface area contributed by atoms with Crippen LogP contribution in [-0.2, 0) is 4.74 Å². The average Bonchev–Trinajstić information content (AvgIpc) is 2.18. The van der Waals surface area contributed by atoms with Crippen LogP contribution in [0.25, 0.3) is 0 Å². The van der Waals surface area contributed by atoms with E-state index < -0.39 is 6.17 Å². The number of ether oxygens (including phenoxy) is 1. The highest BCUT2D eigenvalue weighted by Crippen LogP contribution is 2.16. The van der Waals surface area contributed by atoms with Crippen molar-refractivity contribution in [3.05, 3.63) is 35.4 Å². The van der Waals surface area contributed by atoms with E-state index >= 15 is 0 Å². The summed E-state index contributed by atoms with van der Waals surface area (Å²) in [7, 11) is 0. The lowest BCUT2D eigenvalue weighted by molar-refractivity contribution is 0.0526. The maximum absolute atomic E-state index is 12.8. The van der Waals surface area contributed by atoms with Gasteiger partial charge in [0.25, 0.3) is 0 Å². The van der Waals surface area contributed by atoms with Gasteiger partial charge in [-0.15, -0.1) is 0 Å². The van der Waals surface area contributed by atoms with Crippen molar-refractivity contribution in [3.63, 3.8) is 0 Å². The normalized spacial score (nSPS) is 12.2. The van der Waals surface area contributed by atoms with E-state index in [9.17, 15) is 9.18 Å². The van der Waals surface area contributed by atoms with Gasteiger partial charge in [0, 0.05) is 0 Å². The third-order valence-electron chi connectivity index (χ3n) is 1.88. The predicted octanol–water partition coefficient (Wildman–Crippen LogP) is 2.89. The SMILES string of the molecule is CCOC(=O)c1ccc([C@@H](C)F)cc1. The standard InChI is InChI=1S/C11H13FO2/c1-3-14-11(13)10-6-4-9(5-7-10)8(2)12/h4-8H,3H2,1-2H3/t8-/m1/s1. The first-order valence-corrected chi connectivity index (χ1v) is 4.56. The second-order valence-corrected chi connectivity index (χ2v) is 2.96. The molecule has 0 amide bonds. The molecule has 2 nitrogen and oxygen atoms in total. The number of esters is 1. The molecule has 0 unspecified atom stereocenters. The molecule has 3 heteroatoms. The number of carbonyl (C=O) groups excluding carboxylic acids is 1. The minimum Gasteiger partial charge on any atom is -0.462 e. The number of alkyl halides is 1.